The first-order chi connectivity index (χ1) is 18.9. The number of fused-ring (bicyclic) bond motifs is 1. The summed E-state index contributed by atoms with van der Waals surface area (Å²) >= 11 is 0. The number of nitrogens with zero attached hydrogens (tertiary/aromatic N) is 5. The van der Waals surface area contributed by atoms with Crippen LogP contribution in [0.15, 0.2) is 76.6 Å². The first-order valence-corrected chi connectivity index (χ1v) is 12.6. The van der Waals surface area contributed by atoms with Gasteiger partial charge >= 0.3 is 5.69 Å². The fourth-order valence-electron chi connectivity index (χ4n) is 4.86. The van der Waals surface area contributed by atoms with Crippen LogP contribution < -0.4 is 10.3 Å². The summed E-state index contributed by atoms with van der Waals surface area (Å²) in [5.41, 5.74) is 0.636. The SMILES string of the molecule is O=c1c2ccccc2nc(C2CCCCC2)n1N=Cc1cccc([N+](=O)[O-])c1OCc1cccc([N+](=O)[O-])c1. The molecule has 1 aliphatic rings. The van der Waals surface area contributed by atoms with Crippen molar-refractivity contribution in [3.05, 3.63) is 114 Å². The van der Waals surface area contributed by atoms with Gasteiger partial charge in [-0.1, -0.05) is 49.6 Å². The zero-order valence-corrected chi connectivity index (χ0v) is 20.9. The van der Waals surface area contributed by atoms with Crippen LogP contribution in [0.3, 0.4) is 0 Å². The summed E-state index contributed by atoms with van der Waals surface area (Å²) in [7, 11) is 0. The Kier molecular flexibility index (Phi) is 7.39. The summed E-state index contributed by atoms with van der Waals surface area (Å²) in [6.45, 7) is -0.141. The molecule has 11 nitrogen and oxygen atoms in total. The van der Waals surface area contributed by atoms with E-state index in [0.717, 1.165) is 32.1 Å². The lowest BCUT2D eigenvalue weighted by Crippen LogP contribution is -2.25. The number of nitro groups is 2. The van der Waals surface area contributed by atoms with E-state index in [1.165, 1.54) is 41.2 Å². The second kappa shape index (κ2) is 11.2. The van der Waals surface area contributed by atoms with Gasteiger partial charge in [0.15, 0.2) is 0 Å². The van der Waals surface area contributed by atoms with Crippen LogP contribution in [0.25, 0.3) is 10.9 Å². The highest BCUT2D eigenvalue weighted by molar-refractivity contribution is 5.86. The lowest BCUT2D eigenvalue weighted by atomic mass is 9.88. The number of rotatable bonds is 8. The molecule has 1 aliphatic carbocycles. The summed E-state index contributed by atoms with van der Waals surface area (Å²) in [6, 6.07) is 17.3. The molecule has 0 aliphatic heterocycles. The molecule has 11 heteroatoms. The van der Waals surface area contributed by atoms with Crippen molar-refractivity contribution >= 4 is 28.5 Å². The molecule has 198 valence electrons. The summed E-state index contributed by atoms with van der Waals surface area (Å²) in [5.74, 6) is 0.584. The Balaban J connectivity index is 1.55. The van der Waals surface area contributed by atoms with E-state index in [1.54, 1.807) is 30.3 Å². The average Bonchev–Trinajstić information content (AvgIpc) is 2.96. The number of aromatic nitrogens is 2. The van der Waals surface area contributed by atoms with Crippen molar-refractivity contribution in [2.75, 3.05) is 0 Å². The van der Waals surface area contributed by atoms with Gasteiger partial charge in [-0.25, -0.2) is 4.98 Å². The third kappa shape index (κ3) is 5.52. The van der Waals surface area contributed by atoms with Gasteiger partial charge in [0.1, 0.15) is 12.4 Å². The number of non-ortho nitro benzene ring substituents is 1. The van der Waals surface area contributed by atoms with Gasteiger partial charge in [0.25, 0.3) is 11.2 Å². The third-order valence-electron chi connectivity index (χ3n) is 6.79. The summed E-state index contributed by atoms with van der Waals surface area (Å²) in [5, 5.41) is 27.8. The van der Waals surface area contributed by atoms with Crippen molar-refractivity contribution in [1.29, 1.82) is 0 Å². The van der Waals surface area contributed by atoms with E-state index < -0.39 is 9.85 Å². The molecular formula is C28H25N5O6. The number of hydrogen-bond acceptors (Lipinski definition) is 8. The van der Waals surface area contributed by atoms with Crippen LogP contribution >= 0.6 is 0 Å². The minimum atomic E-state index is -0.572. The van der Waals surface area contributed by atoms with Crippen LogP contribution in [0.5, 0.6) is 5.75 Å². The summed E-state index contributed by atoms with van der Waals surface area (Å²) in [6.07, 6.45) is 6.37. The number of hydrogen-bond donors (Lipinski definition) is 0. The van der Waals surface area contributed by atoms with Crippen molar-refractivity contribution in [3.63, 3.8) is 0 Å². The monoisotopic (exact) mass is 527 g/mol. The topological polar surface area (TPSA) is 143 Å². The van der Waals surface area contributed by atoms with Gasteiger partial charge in [0.05, 0.1) is 27.0 Å². The van der Waals surface area contributed by atoms with Gasteiger partial charge in [0.2, 0.25) is 5.75 Å². The molecule has 1 aromatic heterocycles. The fraction of sp³-hybridized carbons (Fsp3) is 0.250. The molecule has 0 bridgehead atoms. The highest BCUT2D eigenvalue weighted by Crippen LogP contribution is 2.33. The number of ether oxygens (including phenoxy) is 1. The van der Waals surface area contributed by atoms with Crippen LogP contribution in [-0.2, 0) is 6.61 Å². The third-order valence-corrected chi connectivity index (χ3v) is 6.79. The van der Waals surface area contributed by atoms with Crippen LogP contribution in [0.1, 0.15) is 55.0 Å². The largest absolute Gasteiger partial charge is 0.481 e. The quantitative estimate of drug-likeness (QED) is 0.162. The highest BCUT2D eigenvalue weighted by atomic mass is 16.6. The summed E-state index contributed by atoms with van der Waals surface area (Å²) < 4.78 is 7.12. The van der Waals surface area contributed by atoms with E-state index in [0.29, 0.717) is 22.3 Å². The molecule has 0 saturated heterocycles. The minimum Gasteiger partial charge on any atom is -0.481 e. The molecule has 0 amide bonds. The minimum absolute atomic E-state index is 0.0567. The van der Waals surface area contributed by atoms with Crippen LogP contribution in [0.2, 0.25) is 0 Å². The maximum absolute atomic E-state index is 13.5. The lowest BCUT2D eigenvalue weighted by molar-refractivity contribution is -0.386. The highest BCUT2D eigenvalue weighted by Gasteiger charge is 2.23. The number of benzene rings is 3. The molecule has 1 heterocycles. The van der Waals surface area contributed by atoms with Crippen molar-refractivity contribution in [1.82, 2.24) is 9.66 Å². The smallest absolute Gasteiger partial charge is 0.311 e. The number of para-hydroxylation sites is 2. The normalized spacial score (nSPS) is 14.1. The van der Waals surface area contributed by atoms with E-state index in [4.69, 9.17) is 9.72 Å². The zero-order chi connectivity index (χ0) is 27.4. The van der Waals surface area contributed by atoms with Gasteiger partial charge in [-0.2, -0.15) is 9.78 Å². The zero-order valence-electron chi connectivity index (χ0n) is 20.9. The molecule has 1 fully saturated rings. The predicted molar refractivity (Wildman–Crippen MR) is 145 cm³/mol. The molecule has 39 heavy (non-hydrogen) atoms. The Bertz CT molecular complexity index is 1640. The van der Waals surface area contributed by atoms with Gasteiger partial charge in [-0.3, -0.25) is 25.0 Å². The Morgan fingerprint density at radius 1 is 0.974 bits per heavy atom. The fourth-order valence-corrected chi connectivity index (χ4v) is 4.86. The first kappa shape index (κ1) is 25.7. The lowest BCUT2D eigenvalue weighted by Gasteiger charge is -2.22. The second-order valence-electron chi connectivity index (χ2n) is 9.35. The average molecular weight is 528 g/mol. The molecule has 1 saturated carbocycles. The van der Waals surface area contributed by atoms with E-state index in [1.807, 2.05) is 6.07 Å². The van der Waals surface area contributed by atoms with Gasteiger partial charge in [-0.15, -0.1) is 0 Å². The van der Waals surface area contributed by atoms with Gasteiger partial charge in [-0.05, 0) is 36.6 Å². The number of nitro benzene ring substituents is 2. The Morgan fingerprint density at radius 3 is 2.51 bits per heavy atom. The van der Waals surface area contributed by atoms with E-state index in [-0.39, 0.29) is 40.8 Å². The molecule has 0 radical (unpaired) electrons. The Hall–Kier alpha value is -4.93. The molecule has 0 spiro atoms. The molecule has 0 atom stereocenters. The molecule has 0 N–H and O–H groups in total. The molecular weight excluding hydrogens is 502 g/mol. The molecule has 5 rings (SSSR count). The van der Waals surface area contributed by atoms with Crippen molar-refractivity contribution in [2.45, 2.75) is 44.6 Å². The van der Waals surface area contributed by atoms with Crippen molar-refractivity contribution < 1.29 is 14.6 Å². The van der Waals surface area contributed by atoms with E-state index in [2.05, 4.69) is 5.10 Å². The first-order valence-electron chi connectivity index (χ1n) is 12.6. The maximum Gasteiger partial charge on any atom is 0.311 e. The van der Waals surface area contributed by atoms with E-state index >= 15 is 0 Å². The predicted octanol–water partition coefficient (Wildman–Crippen LogP) is 5.72. The second-order valence-corrected chi connectivity index (χ2v) is 9.35. The van der Waals surface area contributed by atoms with Crippen molar-refractivity contribution in [2.24, 2.45) is 5.10 Å². The summed E-state index contributed by atoms with van der Waals surface area (Å²) in [4.78, 5) is 40.1. The molecule has 4 aromatic rings. The van der Waals surface area contributed by atoms with E-state index in [9.17, 15) is 25.0 Å². The molecule has 3 aromatic carbocycles. The van der Waals surface area contributed by atoms with Crippen LogP contribution in [-0.4, -0.2) is 25.7 Å². The Morgan fingerprint density at radius 2 is 1.74 bits per heavy atom. The van der Waals surface area contributed by atoms with Crippen molar-refractivity contribution in [3.8, 4) is 5.75 Å². The Labute approximate surface area is 222 Å². The van der Waals surface area contributed by atoms with Crippen LogP contribution in [0.4, 0.5) is 11.4 Å². The molecule has 0 unspecified atom stereocenters. The standard InChI is InChI=1S/C28H25N5O6/c34-28-23-13-4-5-14-24(23)30-27(20-9-2-1-3-10-20)31(28)29-17-21-11-7-15-25(33(37)38)26(21)39-18-19-8-6-12-22(16-19)32(35)36/h4-8,11-17,20H,1-3,9-10,18H2. The van der Waals surface area contributed by atoms with Gasteiger partial charge in [0, 0.05) is 29.7 Å². The van der Waals surface area contributed by atoms with Crippen LogP contribution in [0, 0.1) is 20.2 Å². The van der Waals surface area contributed by atoms with Gasteiger partial charge < -0.3 is 4.74 Å². The maximum atomic E-state index is 13.5.